The molecule has 1 amide bonds. The normalized spacial score (nSPS) is 11.3. The summed E-state index contributed by atoms with van der Waals surface area (Å²) in [5.41, 5.74) is 6.83. The van der Waals surface area contributed by atoms with Gasteiger partial charge in [0.25, 0.3) is 0 Å². The van der Waals surface area contributed by atoms with Crippen LogP contribution in [0.2, 0.25) is 0 Å². The van der Waals surface area contributed by atoms with Gasteiger partial charge in [-0.25, -0.2) is 4.57 Å². The van der Waals surface area contributed by atoms with Gasteiger partial charge in [0.15, 0.2) is 0 Å². The molecule has 0 aromatic heterocycles. The number of phosphoric acid groups is 1. The number of hydrogen-bond donors (Lipinski definition) is 6. The molecule has 30 heavy (non-hydrogen) atoms. The molecule has 11 heteroatoms. The first-order chi connectivity index (χ1) is 13.9. The number of nitrogens with two attached hydrogens (primary N) is 1. The Morgan fingerprint density at radius 1 is 0.933 bits per heavy atom. The van der Waals surface area contributed by atoms with Crippen LogP contribution in [0.5, 0.6) is 0 Å². The van der Waals surface area contributed by atoms with Crippen molar-refractivity contribution in [2.45, 2.75) is 12.0 Å². The van der Waals surface area contributed by atoms with Crippen molar-refractivity contribution in [1.82, 2.24) is 4.90 Å². The lowest BCUT2D eigenvalue weighted by atomic mass is 9.90. The van der Waals surface area contributed by atoms with Crippen LogP contribution in [0.4, 0.5) is 0 Å². The van der Waals surface area contributed by atoms with E-state index in [1.54, 1.807) is 19.0 Å². The van der Waals surface area contributed by atoms with Crippen molar-refractivity contribution < 1.29 is 39.0 Å². The van der Waals surface area contributed by atoms with Gasteiger partial charge in [0.2, 0.25) is 5.91 Å². The fourth-order valence-corrected chi connectivity index (χ4v) is 2.10. The van der Waals surface area contributed by atoms with E-state index in [1.807, 2.05) is 60.7 Å². The van der Waals surface area contributed by atoms with Gasteiger partial charge in [-0.15, -0.1) is 0 Å². The van der Waals surface area contributed by atoms with Gasteiger partial charge in [-0.05, 0) is 11.1 Å². The molecule has 2 aromatic carbocycles. The Hall–Kier alpha value is -2.59. The van der Waals surface area contributed by atoms with E-state index in [9.17, 15) is 9.59 Å². The minimum atomic E-state index is -4.64. The number of carbonyl (C=O) groups is 2. The number of carbonyl (C=O) groups excluding carboxylic acids is 1. The average Bonchev–Trinajstić information content (AvgIpc) is 2.68. The van der Waals surface area contributed by atoms with Crippen LogP contribution < -0.4 is 5.73 Å². The number of carboxylic acids is 1. The highest BCUT2D eigenvalue weighted by molar-refractivity contribution is 7.45. The maximum absolute atomic E-state index is 12.4. The molecule has 0 aliphatic rings. The molecule has 166 valence electrons. The van der Waals surface area contributed by atoms with Gasteiger partial charge in [0, 0.05) is 14.1 Å². The minimum absolute atomic E-state index is 0.104. The first kappa shape index (κ1) is 27.4. The van der Waals surface area contributed by atoms with Crippen molar-refractivity contribution in [3.63, 3.8) is 0 Å². The summed E-state index contributed by atoms with van der Waals surface area (Å²) in [5, 5.41) is 15.9. The maximum Gasteiger partial charge on any atom is 0.466 e. The number of amides is 1. The molecule has 0 heterocycles. The smallest absolute Gasteiger partial charge is 0.466 e. The molecule has 0 radical (unpaired) electrons. The van der Waals surface area contributed by atoms with Crippen molar-refractivity contribution in [2.75, 3.05) is 20.7 Å². The number of hydrogen-bond acceptors (Lipinski definition) is 5. The summed E-state index contributed by atoms with van der Waals surface area (Å²) in [4.78, 5) is 45.2. The fraction of sp³-hybridized carbons (Fsp3) is 0.263. The molecule has 0 bridgehead atoms. The van der Waals surface area contributed by atoms with Crippen LogP contribution in [0.25, 0.3) is 0 Å². The quantitative estimate of drug-likeness (QED) is 0.356. The summed E-state index contributed by atoms with van der Waals surface area (Å²) in [7, 11) is -1.05. The zero-order valence-electron chi connectivity index (χ0n) is 16.6. The number of aliphatic hydroxyl groups is 1. The van der Waals surface area contributed by atoms with Crippen LogP contribution in [-0.2, 0) is 14.2 Å². The Balaban J connectivity index is 0.000000581. The van der Waals surface area contributed by atoms with Gasteiger partial charge in [-0.1, -0.05) is 60.7 Å². The van der Waals surface area contributed by atoms with Gasteiger partial charge in [0.05, 0.1) is 12.5 Å². The summed E-state index contributed by atoms with van der Waals surface area (Å²) in [6, 6.07) is 18.7. The Morgan fingerprint density at radius 2 is 1.27 bits per heavy atom. The van der Waals surface area contributed by atoms with Crippen LogP contribution in [-0.4, -0.2) is 68.4 Å². The Kier molecular flexibility index (Phi) is 12.4. The number of carboxylic acid groups (broad SMARTS) is 1. The summed E-state index contributed by atoms with van der Waals surface area (Å²) in [6.45, 7) is -0.505. The highest BCUT2D eigenvalue weighted by atomic mass is 31.2. The van der Waals surface area contributed by atoms with Gasteiger partial charge >= 0.3 is 13.8 Å². The Labute approximate surface area is 174 Å². The van der Waals surface area contributed by atoms with Crippen LogP contribution >= 0.6 is 7.82 Å². The highest BCUT2D eigenvalue weighted by Crippen LogP contribution is 2.26. The van der Waals surface area contributed by atoms with E-state index in [4.69, 9.17) is 35.2 Å². The van der Waals surface area contributed by atoms with Gasteiger partial charge in [-0.3, -0.25) is 9.59 Å². The summed E-state index contributed by atoms with van der Waals surface area (Å²) >= 11 is 0. The van der Waals surface area contributed by atoms with E-state index < -0.39 is 26.4 Å². The third kappa shape index (κ3) is 12.1. The van der Waals surface area contributed by atoms with Gasteiger partial charge in [0.1, 0.15) is 6.04 Å². The van der Waals surface area contributed by atoms with Crippen molar-refractivity contribution in [2.24, 2.45) is 5.73 Å². The predicted octanol–water partition coefficient (Wildman–Crippen LogP) is 0.369. The third-order valence-electron chi connectivity index (χ3n) is 3.47. The first-order valence-corrected chi connectivity index (χ1v) is 10.1. The Morgan fingerprint density at radius 3 is 1.47 bits per heavy atom. The van der Waals surface area contributed by atoms with E-state index in [2.05, 4.69) is 0 Å². The SMILES string of the molecule is CN(C)C(=O)C(c1ccccc1)c1ccccc1.N[C@@H](CO)C(=O)O.O=P(O)(O)O. The zero-order valence-corrected chi connectivity index (χ0v) is 17.5. The molecule has 0 aliphatic carbocycles. The topological polar surface area (TPSA) is 182 Å². The summed E-state index contributed by atoms with van der Waals surface area (Å²) in [6.07, 6.45) is 0. The molecule has 0 fully saturated rings. The number of aliphatic carboxylic acids is 1. The van der Waals surface area contributed by atoms with Gasteiger partial charge < -0.3 is 35.5 Å². The first-order valence-electron chi connectivity index (χ1n) is 8.57. The standard InChI is InChI=1S/C16H17NO.C3H7NO3.H3O4P/c1-17(2)16(18)15(13-9-5-3-6-10-13)14-11-7-4-8-12-14;4-2(1-5)3(6)7;1-5(2,3)4/h3-12,15H,1-2H3;2,5H,1,4H2,(H,6,7);(H3,1,2,3,4)/t;2-;/m.0./s1. The van der Waals surface area contributed by atoms with Crippen molar-refractivity contribution in [3.05, 3.63) is 71.8 Å². The molecule has 0 unspecified atom stereocenters. The average molecular weight is 442 g/mol. The third-order valence-corrected chi connectivity index (χ3v) is 3.47. The van der Waals surface area contributed by atoms with E-state index in [0.717, 1.165) is 11.1 Å². The van der Waals surface area contributed by atoms with Crippen molar-refractivity contribution >= 4 is 19.7 Å². The Bertz CT molecular complexity index is 764. The molecule has 0 spiro atoms. The molecule has 0 aliphatic heterocycles. The van der Waals surface area contributed by atoms with E-state index >= 15 is 0 Å². The molecule has 0 saturated heterocycles. The molecule has 10 nitrogen and oxygen atoms in total. The minimum Gasteiger partial charge on any atom is -0.480 e. The van der Waals surface area contributed by atoms with Crippen molar-refractivity contribution in [1.29, 1.82) is 0 Å². The molecule has 1 atom stereocenters. The zero-order chi connectivity index (χ0) is 23.3. The number of aliphatic hydroxyl groups excluding tert-OH is 1. The van der Waals surface area contributed by atoms with Crippen molar-refractivity contribution in [3.8, 4) is 0 Å². The number of benzene rings is 2. The lowest BCUT2D eigenvalue weighted by Gasteiger charge is -2.21. The molecular weight excluding hydrogens is 415 g/mol. The lowest BCUT2D eigenvalue weighted by molar-refractivity contribution is -0.139. The largest absolute Gasteiger partial charge is 0.480 e. The molecule has 2 rings (SSSR count). The lowest BCUT2D eigenvalue weighted by Crippen LogP contribution is -2.33. The second-order valence-corrected chi connectivity index (χ2v) is 7.15. The number of rotatable bonds is 5. The summed E-state index contributed by atoms with van der Waals surface area (Å²) < 4.78 is 8.88. The van der Waals surface area contributed by atoms with E-state index in [-0.39, 0.29) is 11.8 Å². The molecule has 2 aromatic rings. The monoisotopic (exact) mass is 442 g/mol. The second-order valence-electron chi connectivity index (χ2n) is 6.13. The highest BCUT2D eigenvalue weighted by Gasteiger charge is 2.23. The second kappa shape index (κ2) is 13.6. The van der Waals surface area contributed by atoms with Crippen LogP contribution in [0.1, 0.15) is 17.0 Å². The van der Waals surface area contributed by atoms with Crippen LogP contribution in [0, 0.1) is 0 Å². The summed E-state index contributed by atoms with van der Waals surface area (Å²) in [5.74, 6) is -1.29. The molecular formula is C19H27N2O8P. The molecule has 0 saturated carbocycles. The molecule has 7 N–H and O–H groups in total. The van der Waals surface area contributed by atoms with Crippen LogP contribution in [0.3, 0.4) is 0 Å². The fourth-order valence-electron chi connectivity index (χ4n) is 2.10. The van der Waals surface area contributed by atoms with E-state index in [0.29, 0.717) is 0 Å². The van der Waals surface area contributed by atoms with Crippen LogP contribution in [0.15, 0.2) is 60.7 Å². The number of nitrogens with zero attached hydrogens (tertiary/aromatic N) is 1. The predicted molar refractivity (Wildman–Crippen MR) is 110 cm³/mol. The number of likely N-dealkylation sites (N-methyl/N-ethyl adjacent to an activating group) is 1. The van der Waals surface area contributed by atoms with Gasteiger partial charge in [-0.2, -0.15) is 0 Å². The van der Waals surface area contributed by atoms with E-state index in [1.165, 1.54) is 0 Å². The maximum atomic E-state index is 12.4.